The maximum atomic E-state index is 12.5. The second-order valence-electron chi connectivity index (χ2n) is 6.41. The molecular formula is C19H21N3O3. The van der Waals surface area contributed by atoms with Crippen molar-refractivity contribution in [2.24, 2.45) is 5.92 Å². The van der Waals surface area contributed by atoms with Crippen molar-refractivity contribution in [1.82, 2.24) is 5.32 Å². The van der Waals surface area contributed by atoms with Crippen LogP contribution < -0.4 is 10.6 Å². The lowest BCUT2D eigenvalue weighted by Crippen LogP contribution is -2.40. The minimum absolute atomic E-state index is 0.0430. The second-order valence-corrected chi connectivity index (χ2v) is 6.41. The molecule has 130 valence electrons. The Labute approximate surface area is 146 Å². The summed E-state index contributed by atoms with van der Waals surface area (Å²) in [7, 11) is 0. The van der Waals surface area contributed by atoms with Gasteiger partial charge in [0.2, 0.25) is 5.91 Å². The van der Waals surface area contributed by atoms with Crippen LogP contribution in [0.15, 0.2) is 54.6 Å². The largest absolute Gasteiger partial charge is 0.324 e. The maximum absolute atomic E-state index is 12.5. The number of rotatable bonds is 7. The molecule has 0 spiro atoms. The second kappa shape index (κ2) is 7.44. The van der Waals surface area contributed by atoms with Crippen molar-refractivity contribution in [1.29, 1.82) is 0 Å². The third kappa shape index (κ3) is 4.42. The monoisotopic (exact) mass is 339 g/mol. The zero-order valence-corrected chi connectivity index (χ0v) is 14.0. The lowest BCUT2D eigenvalue weighted by Gasteiger charge is -2.23. The van der Waals surface area contributed by atoms with E-state index in [1.54, 1.807) is 12.1 Å². The van der Waals surface area contributed by atoms with E-state index < -0.39 is 11.0 Å². The van der Waals surface area contributed by atoms with E-state index in [0.29, 0.717) is 11.6 Å². The van der Waals surface area contributed by atoms with Crippen molar-refractivity contribution in [3.63, 3.8) is 0 Å². The number of hydrogen-bond donors (Lipinski definition) is 2. The highest BCUT2D eigenvalue weighted by molar-refractivity contribution is 5.94. The molecule has 0 saturated heterocycles. The van der Waals surface area contributed by atoms with Gasteiger partial charge in [-0.25, -0.2) is 0 Å². The van der Waals surface area contributed by atoms with Gasteiger partial charge in [-0.15, -0.1) is 0 Å². The summed E-state index contributed by atoms with van der Waals surface area (Å²) < 4.78 is 0. The molecular weight excluding hydrogens is 318 g/mol. The summed E-state index contributed by atoms with van der Waals surface area (Å²) in [5.41, 5.74) is 1.56. The predicted octanol–water partition coefficient (Wildman–Crippen LogP) is 3.66. The fraction of sp³-hybridized carbons (Fsp3) is 0.316. The molecule has 2 aromatic rings. The SMILES string of the molecule is C[C@@H](N[C@@H](c1ccccc1)C1CC1)C(=O)Nc1cccc([N+](=O)[O-])c1. The van der Waals surface area contributed by atoms with Crippen LogP contribution >= 0.6 is 0 Å². The van der Waals surface area contributed by atoms with Crippen LogP contribution in [0.4, 0.5) is 11.4 Å². The topological polar surface area (TPSA) is 84.3 Å². The number of amides is 1. The standard InChI is InChI=1S/C19H21N3O3/c1-13(19(23)21-16-8-5-9-17(12-16)22(24)25)20-18(15-10-11-15)14-6-3-2-4-7-14/h2-9,12-13,15,18,20H,10-11H2,1H3,(H,21,23)/t13-,18+/m1/s1. The smallest absolute Gasteiger partial charge is 0.271 e. The summed E-state index contributed by atoms with van der Waals surface area (Å²) in [6, 6.07) is 15.8. The number of carbonyl (C=O) groups excluding carboxylic acids is 1. The van der Waals surface area contributed by atoms with Crippen molar-refractivity contribution in [2.75, 3.05) is 5.32 Å². The molecule has 0 radical (unpaired) electrons. The predicted molar refractivity (Wildman–Crippen MR) is 96.2 cm³/mol. The average molecular weight is 339 g/mol. The van der Waals surface area contributed by atoms with E-state index >= 15 is 0 Å². The number of non-ortho nitro benzene ring substituents is 1. The van der Waals surface area contributed by atoms with Crippen molar-refractivity contribution in [3.05, 3.63) is 70.3 Å². The lowest BCUT2D eigenvalue weighted by molar-refractivity contribution is -0.384. The van der Waals surface area contributed by atoms with Crippen molar-refractivity contribution >= 4 is 17.3 Å². The molecule has 0 heterocycles. The first-order chi connectivity index (χ1) is 12.0. The molecule has 25 heavy (non-hydrogen) atoms. The quantitative estimate of drug-likeness (QED) is 0.595. The van der Waals surface area contributed by atoms with Gasteiger partial charge in [0.1, 0.15) is 0 Å². The van der Waals surface area contributed by atoms with Gasteiger partial charge in [0.15, 0.2) is 0 Å². The Balaban J connectivity index is 1.65. The van der Waals surface area contributed by atoms with Crippen LogP contribution in [0.25, 0.3) is 0 Å². The minimum Gasteiger partial charge on any atom is -0.324 e. The Morgan fingerprint density at radius 3 is 2.52 bits per heavy atom. The number of anilines is 1. The molecule has 0 unspecified atom stereocenters. The molecule has 2 atom stereocenters. The van der Waals surface area contributed by atoms with Gasteiger partial charge in [0.05, 0.1) is 11.0 Å². The van der Waals surface area contributed by atoms with Gasteiger partial charge in [-0.2, -0.15) is 0 Å². The number of carbonyl (C=O) groups is 1. The van der Waals surface area contributed by atoms with Crippen molar-refractivity contribution < 1.29 is 9.72 Å². The van der Waals surface area contributed by atoms with E-state index in [0.717, 1.165) is 12.8 Å². The number of hydrogen-bond acceptors (Lipinski definition) is 4. The minimum atomic E-state index is -0.476. The summed E-state index contributed by atoms with van der Waals surface area (Å²) in [4.78, 5) is 22.8. The van der Waals surface area contributed by atoms with Crippen molar-refractivity contribution in [3.8, 4) is 0 Å². The molecule has 1 fully saturated rings. The fourth-order valence-corrected chi connectivity index (χ4v) is 2.89. The highest BCUT2D eigenvalue weighted by Gasteiger charge is 2.33. The summed E-state index contributed by atoms with van der Waals surface area (Å²) >= 11 is 0. The number of nitrogens with one attached hydrogen (secondary N) is 2. The van der Waals surface area contributed by atoms with Gasteiger partial charge in [0, 0.05) is 23.9 Å². The maximum Gasteiger partial charge on any atom is 0.271 e. The first-order valence-corrected chi connectivity index (χ1v) is 8.41. The molecule has 2 aromatic carbocycles. The molecule has 1 amide bonds. The van der Waals surface area contributed by atoms with Crippen molar-refractivity contribution in [2.45, 2.75) is 31.8 Å². The first kappa shape index (κ1) is 17.1. The summed E-state index contributed by atoms with van der Waals surface area (Å²) in [5, 5.41) is 17.0. The third-order valence-electron chi connectivity index (χ3n) is 4.40. The molecule has 0 aromatic heterocycles. The zero-order valence-electron chi connectivity index (χ0n) is 14.0. The Morgan fingerprint density at radius 1 is 1.16 bits per heavy atom. The van der Waals surface area contributed by atoms with E-state index in [1.165, 1.54) is 17.7 Å². The summed E-state index contributed by atoms with van der Waals surface area (Å²) in [6.45, 7) is 1.81. The van der Waals surface area contributed by atoms with Crippen LogP contribution in [0.2, 0.25) is 0 Å². The highest BCUT2D eigenvalue weighted by atomic mass is 16.6. The number of nitro groups is 1. The summed E-state index contributed by atoms with van der Waals surface area (Å²) in [6.07, 6.45) is 2.32. The van der Waals surface area contributed by atoms with Gasteiger partial charge in [-0.05, 0) is 37.3 Å². The molecule has 0 bridgehead atoms. The van der Waals surface area contributed by atoms with Gasteiger partial charge < -0.3 is 5.32 Å². The number of nitro benzene ring substituents is 1. The molecule has 6 nitrogen and oxygen atoms in total. The number of nitrogens with zero attached hydrogens (tertiary/aromatic N) is 1. The Morgan fingerprint density at radius 2 is 1.88 bits per heavy atom. The van der Waals surface area contributed by atoms with Crippen LogP contribution in [0.3, 0.4) is 0 Å². The summed E-state index contributed by atoms with van der Waals surface area (Å²) in [5.74, 6) is 0.345. The van der Waals surface area contributed by atoms with Gasteiger partial charge >= 0.3 is 0 Å². The van der Waals surface area contributed by atoms with Gasteiger partial charge in [-0.1, -0.05) is 36.4 Å². The zero-order chi connectivity index (χ0) is 17.8. The molecule has 2 N–H and O–H groups in total. The normalized spacial score (nSPS) is 16.0. The Hall–Kier alpha value is -2.73. The molecule has 3 rings (SSSR count). The van der Waals surface area contributed by atoms with Crippen LogP contribution in [0, 0.1) is 16.0 Å². The lowest BCUT2D eigenvalue weighted by atomic mass is 10.0. The highest BCUT2D eigenvalue weighted by Crippen LogP contribution is 2.41. The van der Waals surface area contributed by atoms with Crippen LogP contribution in [-0.4, -0.2) is 16.9 Å². The van der Waals surface area contributed by atoms with Gasteiger partial charge in [-0.3, -0.25) is 20.2 Å². The molecule has 6 heteroatoms. The molecule has 1 aliphatic carbocycles. The fourth-order valence-electron chi connectivity index (χ4n) is 2.89. The molecule has 1 saturated carbocycles. The van der Waals surface area contributed by atoms with E-state index in [-0.39, 0.29) is 17.6 Å². The van der Waals surface area contributed by atoms with E-state index in [2.05, 4.69) is 22.8 Å². The van der Waals surface area contributed by atoms with E-state index in [4.69, 9.17) is 0 Å². The third-order valence-corrected chi connectivity index (χ3v) is 4.40. The Bertz CT molecular complexity index is 760. The van der Waals surface area contributed by atoms with E-state index in [1.807, 2.05) is 25.1 Å². The average Bonchev–Trinajstić information content (AvgIpc) is 3.45. The Kier molecular flexibility index (Phi) is 5.09. The number of benzene rings is 2. The first-order valence-electron chi connectivity index (χ1n) is 8.41. The molecule has 1 aliphatic rings. The van der Waals surface area contributed by atoms with Gasteiger partial charge in [0.25, 0.3) is 5.69 Å². The van der Waals surface area contributed by atoms with E-state index in [9.17, 15) is 14.9 Å². The van der Waals surface area contributed by atoms with Crippen LogP contribution in [0.5, 0.6) is 0 Å². The van der Waals surface area contributed by atoms with Crippen LogP contribution in [0.1, 0.15) is 31.4 Å². The van der Waals surface area contributed by atoms with Crippen LogP contribution in [-0.2, 0) is 4.79 Å². The molecule has 0 aliphatic heterocycles.